The van der Waals surface area contributed by atoms with Gasteiger partial charge in [0.1, 0.15) is 29.3 Å². The molecule has 0 saturated carbocycles. The summed E-state index contributed by atoms with van der Waals surface area (Å²) in [6, 6.07) is 6.91. The van der Waals surface area contributed by atoms with Gasteiger partial charge in [-0.25, -0.2) is 8.78 Å². The Morgan fingerprint density at radius 3 is 2.35 bits per heavy atom. The number of rotatable bonds is 3. The first-order valence-corrected chi connectivity index (χ1v) is 5.25. The van der Waals surface area contributed by atoms with E-state index >= 15 is 0 Å². The Hall–Kier alpha value is -1.68. The van der Waals surface area contributed by atoms with Crippen molar-refractivity contribution in [3.8, 4) is 0 Å². The molecule has 0 fully saturated rings. The van der Waals surface area contributed by atoms with Crippen molar-refractivity contribution in [2.45, 2.75) is 19.4 Å². The van der Waals surface area contributed by atoms with E-state index in [0.717, 1.165) is 0 Å². The van der Waals surface area contributed by atoms with Crippen LogP contribution in [0.4, 0.5) is 8.78 Å². The Morgan fingerprint density at radius 2 is 1.82 bits per heavy atom. The topological polar surface area (TPSA) is 33.4 Å². The molecule has 2 aromatic rings. The predicted molar refractivity (Wildman–Crippen MR) is 58.5 cm³/mol. The van der Waals surface area contributed by atoms with Crippen molar-refractivity contribution in [1.29, 1.82) is 0 Å². The van der Waals surface area contributed by atoms with Crippen molar-refractivity contribution in [3.05, 3.63) is 59.1 Å². The molecule has 0 aliphatic rings. The summed E-state index contributed by atoms with van der Waals surface area (Å²) in [6.07, 6.45) is -1.19. The van der Waals surface area contributed by atoms with Gasteiger partial charge in [-0.2, -0.15) is 0 Å². The van der Waals surface area contributed by atoms with E-state index in [4.69, 9.17) is 4.42 Å². The van der Waals surface area contributed by atoms with E-state index < -0.39 is 17.7 Å². The second kappa shape index (κ2) is 4.67. The molecule has 1 heterocycles. The first-order chi connectivity index (χ1) is 8.08. The molecule has 2 rings (SSSR count). The van der Waals surface area contributed by atoms with Crippen molar-refractivity contribution in [1.82, 2.24) is 0 Å². The van der Waals surface area contributed by atoms with E-state index in [0.29, 0.717) is 11.5 Å². The maximum absolute atomic E-state index is 13.4. The lowest BCUT2D eigenvalue weighted by molar-refractivity contribution is 0.146. The van der Waals surface area contributed by atoms with Crippen LogP contribution < -0.4 is 0 Å². The quantitative estimate of drug-likeness (QED) is 0.891. The zero-order chi connectivity index (χ0) is 12.4. The minimum atomic E-state index is -1.05. The summed E-state index contributed by atoms with van der Waals surface area (Å²) in [5.74, 6) is -0.363. The highest BCUT2D eigenvalue weighted by Gasteiger charge is 2.17. The Balaban J connectivity index is 2.21. The SMILES string of the molecule is Cc1ccc(C(O)Cc2c(F)cccc2F)o1. The third-order valence-corrected chi connectivity index (χ3v) is 2.55. The maximum Gasteiger partial charge on any atom is 0.132 e. The van der Waals surface area contributed by atoms with Crippen molar-refractivity contribution < 1.29 is 18.3 Å². The average molecular weight is 238 g/mol. The van der Waals surface area contributed by atoms with Crippen LogP contribution in [0.2, 0.25) is 0 Å². The van der Waals surface area contributed by atoms with Crippen molar-refractivity contribution in [3.63, 3.8) is 0 Å². The number of hydrogen-bond donors (Lipinski definition) is 1. The van der Waals surface area contributed by atoms with Gasteiger partial charge in [-0.05, 0) is 31.2 Å². The molecule has 2 nitrogen and oxygen atoms in total. The normalized spacial score (nSPS) is 12.7. The molecule has 1 aromatic carbocycles. The fourth-order valence-electron chi connectivity index (χ4n) is 1.65. The summed E-state index contributed by atoms with van der Waals surface area (Å²) in [6.45, 7) is 1.74. The lowest BCUT2D eigenvalue weighted by atomic mass is 10.1. The smallest absolute Gasteiger partial charge is 0.132 e. The zero-order valence-corrected chi connectivity index (χ0v) is 9.28. The lowest BCUT2D eigenvalue weighted by Crippen LogP contribution is -2.04. The number of benzene rings is 1. The third-order valence-electron chi connectivity index (χ3n) is 2.55. The molecular formula is C13H12F2O2. The monoisotopic (exact) mass is 238 g/mol. The second-order valence-corrected chi connectivity index (χ2v) is 3.87. The zero-order valence-electron chi connectivity index (χ0n) is 9.28. The van der Waals surface area contributed by atoms with Crippen LogP contribution in [0.15, 0.2) is 34.7 Å². The first-order valence-electron chi connectivity index (χ1n) is 5.25. The van der Waals surface area contributed by atoms with Crippen LogP contribution in [0.25, 0.3) is 0 Å². The van der Waals surface area contributed by atoms with E-state index in [1.165, 1.54) is 18.2 Å². The van der Waals surface area contributed by atoms with Crippen LogP contribution in [-0.4, -0.2) is 5.11 Å². The number of aliphatic hydroxyl groups is 1. The number of hydrogen-bond acceptors (Lipinski definition) is 2. The van der Waals surface area contributed by atoms with Gasteiger partial charge in [0, 0.05) is 12.0 Å². The fraction of sp³-hybridized carbons (Fsp3) is 0.231. The summed E-state index contributed by atoms with van der Waals surface area (Å²) < 4.78 is 31.9. The summed E-state index contributed by atoms with van der Waals surface area (Å²) in [5, 5.41) is 9.81. The molecule has 1 atom stereocenters. The standard InChI is InChI=1S/C13H12F2O2/c1-8-5-6-13(17-8)12(16)7-9-10(14)3-2-4-11(9)15/h2-6,12,16H,7H2,1H3. The van der Waals surface area contributed by atoms with E-state index in [1.807, 2.05) is 0 Å². The molecule has 4 heteroatoms. The lowest BCUT2D eigenvalue weighted by Gasteiger charge is -2.09. The molecule has 1 aromatic heterocycles. The molecule has 17 heavy (non-hydrogen) atoms. The van der Waals surface area contributed by atoms with Crippen molar-refractivity contribution >= 4 is 0 Å². The minimum absolute atomic E-state index is 0.131. The highest BCUT2D eigenvalue weighted by molar-refractivity contribution is 5.22. The molecule has 1 N–H and O–H groups in total. The van der Waals surface area contributed by atoms with Gasteiger partial charge in [0.15, 0.2) is 0 Å². The summed E-state index contributed by atoms with van der Waals surface area (Å²) >= 11 is 0. The van der Waals surface area contributed by atoms with Gasteiger partial charge in [0.25, 0.3) is 0 Å². The predicted octanol–water partition coefficient (Wildman–Crippen LogP) is 3.14. The highest BCUT2D eigenvalue weighted by atomic mass is 19.1. The van der Waals surface area contributed by atoms with E-state index in [1.54, 1.807) is 19.1 Å². The first kappa shape index (κ1) is 11.8. The fourth-order valence-corrected chi connectivity index (χ4v) is 1.65. The van der Waals surface area contributed by atoms with Gasteiger partial charge in [-0.3, -0.25) is 0 Å². The van der Waals surface area contributed by atoms with Gasteiger partial charge in [0.2, 0.25) is 0 Å². The number of halogens is 2. The van der Waals surface area contributed by atoms with Crippen molar-refractivity contribution in [2.24, 2.45) is 0 Å². The van der Waals surface area contributed by atoms with E-state index in [-0.39, 0.29) is 12.0 Å². The average Bonchev–Trinajstić information content (AvgIpc) is 2.70. The minimum Gasteiger partial charge on any atom is -0.464 e. The largest absolute Gasteiger partial charge is 0.464 e. The van der Waals surface area contributed by atoms with Gasteiger partial charge in [0.05, 0.1) is 0 Å². The Labute approximate surface area is 97.5 Å². The van der Waals surface area contributed by atoms with Gasteiger partial charge in [-0.15, -0.1) is 0 Å². The maximum atomic E-state index is 13.4. The Bertz CT molecular complexity index is 500. The van der Waals surface area contributed by atoms with Gasteiger partial charge >= 0.3 is 0 Å². The molecule has 0 radical (unpaired) electrons. The molecule has 0 amide bonds. The number of furan rings is 1. The van der Waals surface area contributed by atoms with Gasteiger partial charge < -0.3 is 9.52 Å². The van der Waals surface area contributed by atoms with Crippen LogP contribution in [0.3, 0.4) is 0 Å². The number of aryl methyl sites for hydroxylation is 1. The van der Waals surface area contributed by atoms with Crippen molar-refractivity contribution in [2.75, 3.05) is 0 Å². The summed E-state index contributed by atoms with van der Waals surface area (Å²) in [4.78, 5) is 0. The third kappa shape index (κ3) is 2.53. The molecule has 0 aliphatic carbocycles. The van der Waals surface area contributed by atoms with Crippen LogP contribution in [0.5, 0.6) is 0 Å². The number of aliphatic hydroxyl groups excluding tert-OH is 1. The molecule has 1 unspecified atom stereocenters. The molecule has 0 aliphatic heterocycles. The van der Waals surface area contributed by atoms with Gasteiger partial charge in [-0.1, -0.05) is 6.07 Å². The van der Waals surface area contributed by atoms with E-state index in [2.05, 4.69) is 0 Å². The van der Waals surface area contributed by atoms with Crippen LogP contribution >= 0.6 is 0 Å². The molecular weight excluding hydrogens is 226 g/mol. The Kier molecular flexibility index (Phi) is 3.24. The van der Waals surface area contributed by atoms with Crippen LogP contribution in [-0.2, 0) is 6.42 Å². The molecule has 0 bridgehead atoms. The van der Waals surface area contributed by atoms with Crippen LogP contribution in [0, 0.1) is 18.6 Å². The highest BCUT2D eigenvalue weighted by Crippen LogP contribution is 2.23. The molecule has 0 saturated heterocycles. The summed E-state index contributed by atoms with van der Waals surface area (Å²) in [7, 11) is 0. The van der Waals surface area contributed by atoms with Crippen LogP contribution in [0.1, 0.15) is 23.2 Å². The second-order valence-electron chi connectivity index (χ2n) is 3.87. The Morgan fingerprint density at radius 1 is 1.18 bits per heavy atom. The molecule has 90 valence electrons. The van der Waals surface area contributed by atoms with E-state index in [9.17, 15) is 13.9 Å². The summed E-state index contributed by atoms with van der Waals surface area (Å²) in [5.41, 5.74) is -0.131. The molecule has 0 spiro atoms.